The molecule has 0 fully saturated rings. The van der Waals surface area contributed by atoms with Crippen LogP contribution >= 0.6 is 0 Å². The van der Waals surface area contributed by atoms with E-state index >= 15 is 0 Å². The van der Waals surface area contributed by atoms with Gasteiger partial charge in [-0.05, 0) is 56.5 Å². The van der Waals surface area contributed by atoms with E-state index in [0.717, 1.165) is 34.3 Å². The largest absolute Gasteiger partial charge is 0.494 e. The summed E-state index contributed by atoms with van der Waals surface area (Å²) in [5.74, 6) is 0.407. The second-order valence-corrected chi connectivity index (χ2v) is 8.78. The van der Waals surface area contributed by atoms with Gasteiger partial charge in [-0.15, -0.1) is 0 Å². The van der Waals surface area contributed by atoms with Gasteiger partial charge in [-0.25, -0.2) is 8.42 Å². The predicted octanol–water partition coefficient (Wildman–Crippen LogP) is 3.09. The van der Waals surface area contributed by atoms with Crippen LogP contribution in [0.1, 0.15) is 29.2 Å². The summed E-state index contributed by atoms with van der Waals surface area (Å²) in [7, 11) is -3.61. The van der Waals surface area contributed by atoms with Gasteiger partial charge in [0.25, 0.3) is 0 Å². The Morgan fingerprint density at radius 2 is 1.64 bits per heavy atom. The molecule has 0 aliphatic heterocycles. The number of carbonyl (C=O) groups excluding carboxylic acids is 1. The van der Waals surface area contributed by atoms with E-state index in [-0.39, 0.29) is 12.5 Å². The van der Waals surface area contributed by atoms with E-state index in [9.17, 15) is 13.2 Å². The van der Waals surface area contributed by atoms with Gasteiger partial charge in [0.15, 0.2) is 0 Å². The monoisotopic (exact) mass is 404 g/mol. The zero-order valence-electron chi connectivity index (χ0n) is 17.1. The number of benzene rings is 2. The average Bonchev–Trinajstić information content (AvgIpc) is 2.59. The third kappa shape index (κ3) is 5.73. The van der Waals surface area contributed by atoms with Crippen LogP contribution in [0, 0.1) is 20.8 Å². The molecule has 0 atom stereocenters. The van der Waals surface area contributed by atoms with Crippen LogP contribution in [0.15, 0.2) is 36.4 Å². The summed E-state index contributed by atoms with van der Waals surface area (Å²) in [5.41, 5.74) is 4.16. The highest BCUT2D eigenvalue weighted by Gasteiger charge is 2.24. The maximum atomic E-state index is 12.5. The third-order valence-corrected chi connectivity index (χ3v) is 5.41. The second-order valence-electron chi connectivity index (χ2n) is 6.87. The fraction of sp³-hybridized carbons (Fsp3) is 0.381. The molecule has 1 amide bonds. The summed E-state index contributed by atoms with van der Waals surface area (Å²) in [4.78, 5) is 12.5. The zero-order chi connectivity index (χ0) is 20.9. The molecule has 28 heavy (non-hydrogen) atoms. The lowest BCUT2D eigenvalue weighted by molar-refractivity contribution is -0.119. The molecule has 0 spiro atoms. The Bertz CT molecular complexity index is 914. The van der Waals surface area contributed by atoms with Gasteiger partial charge in [-0.1, -0.05) is 29.8 Å². The first-order valence-corrected chi connectivity index (χ1v) is 11.0. The van der Waals surface area contributed by atoms with E-state index in [2.05, 4.69) is 5.32 Å². The molecule has 0 bridgehead atoms. The molecular weight excluding hydrogens is 376 g/mol. The number of rotatable bonds is 8. The van der Waals surface area contributed by atoms with Crippen molar-refractivity contribution in [1.29, 1.82) is 0 Å². The lowest BCUT2D eigenvalue weighted by atomic mass is 10.1. The SMILES string of the molecule is CCOc1ccc(CNC(=O)CN(c2c(C)cc(C)cc2C)S(C)(=O)=O)cc1. The van der Waals surface area contributed by atoms with Gasteiger partial charge in [0.1, 0.15) is 12.3 Å². The first-order chi connectivity index (χ1) is 13.1. The van der Waals surface area contributed by atoms with Gasteiger partial charge in [-0.2, -0.15) is 0 Å². The van der Waals surface area contributed by atoms with Crippen molar-refractivity contribution in [3.63, 3.8) is 0 Å². The first-order valence-electron chi connectivity index (χ1n) is 9.15. The second kappa shape index (κ2) is 9.10. The topological polar surface area (TPSA) is 75.7 Å². The van der Waals surface area contributed by atoms with E-state index in [4.69, 9.17) is 4.74 Å². The van der Waals surface area contributed by atoms with Gasteiger partial charge in [0.05, 0.1) is 18.6 Å². The van der Waals surface area contributed by atoms with Crippen molar-refractivity contribution in [2.45, 2.75) is 34.2 Å². The van der Waals surface area contributed by atoms with Crippen LogP contribution in [0.5, 0.6) is 5.75 Å². The quantitative estimate of drug-likeness (QED) is 0.734. The van der Waals surface area contributed by atoms with Crippen LogP contribution in [0.2, 0.25) is 0 Å². The van der Waals surface area contributed by atoms with E-state index in [0.29, 0.717) is 18.8 Å². The molecule has 0 aliphatic carbocycles. The Morgan fingerprint density at radius 1 is 1.07 bits per heavy atom. The fourth-order valence-corrected chi connectivity index (χ4v) is 4.16. The van der Waals surface area contributed by atoms with Crippen LogP contribution in [0.25, 0.3) is 0 Å². The Hall–Kier alpha value is -2.54. The smallest absolute Gasteiger partial charge is 0.241 e. The molecule has 0 aromatic heterocycles. The van der Waals surface area contributed by atoms with Crippen molar-refractivity contribution < 1.29 is 17.9 Å². The molecule has 2 rings (SSSR count). The minimum Gasteiger partial charge on any atom is -0.494 e. The van der Waals surface area contributed by atoms with Crippen LogP contribution in [-0.2, 0) is 21.4 Å². The highest BCUT2D eigenvalue weighted by molar-refractivity contribution is 7.92. The number of aryl methyl sites for hydroxylation is 3. The molecular formula is C21H28N2O4S. The predicted molar refractivity (Wildman–Crippen MR) is 112 cm³/mol. The number of hydrogen-bond acceptors (Lipinski definition) is 4. The molecule has 0 heterocycles. The molecule has 0 radical (unpaired) electrons. The lowest BCUT2D eigenvalue weighted by Crippen LogP contribution is -2.40. The van der Waals surface area contributed by atoms with E-state index in [1.54, 1.807) is 0 Å². The molecule has 7 heteroatoms. The standard InChI is InChI=1S/C21H28N2O4S/c1-6-27-19-9-7-18(8-10-19)13-22-20(24)14-23(28(5,25)26)21-16(3)11-15(2)12-17(21)4/h7-12H,6,13-14H2,1-5H3,(H,22,24). The number of carbonyl (C=O) groups is 1. The summed E-state index contributed by atoms with van der Waals surface area (Å²) in [6.07, 6.45) is 1.12. The summed E-state index contributed by atoms with van der Waals surface area (Å²) in [6, 6.07) is 11.2. The average molecular weight is 405 g/mol. The van der Waals surface area contributed by atoms with Crippen LogP contribution in [0.4, 0.5) is 5.69 Å². The van der Waals surface area contributed by atoms with Gasteiger partial charge < -0.3 is 10.1 Å². The van der Waals surface area contributed by atoms with E-state index in [1.807, 2.05) is 64.1 Å². The molecule has 152 valence electrons. The van der Waals surface area contributed by atoms with Crippen molar-refractivity contribution in [1.82, 2.24) is 5.32 Å². The Kier molecular flexibility index (Phi) is 7.07. The minimum absolute atomic E-state index is 0.263. The van der Waals surface area contributed by atoms with Gasteiger partial charge in [0.2, 0.25) is 15.9 Å². The molecule has 0 saturated carbocycles. The number of ether oxygens (including phenoxy) is 1. The van der Waals surface area contributed by atoms with Crippen molar-refractivity contribution in [3.05, 3.63) is 58.7 Å². The number of anilines is 1. The molecule has 0 unspecified atom stereocenters. The fourth-order valence-electron chi connectivity index (χ4n) is 3.19. The lowest BCUT2D eigenvalue weighted by Gasteiger charge is -2.26. The highest BCUT2D eigenvalue weighted by Crippen LogP contribution is 2.28. The van der Waals surface area contributed by atoms with Crippen LogP contribution in [0.3, 0.4) is 0 Å². The van der Waals surface area contributed by atoms with Crippen molar-refractivity contribution >= 4 is 21.6 Å². The van der Waals surface area contributed by atoms with Gasteiger partial charge in [0, 0.05) is 6.54 Å². The summed E-state index contributed by atoms with van der Waals surface area (Å²) < 4.78 is 31.3. The van der Waals surface area contributed by atoms with E-state index < -0.39 is 10.0 Å². The highest BCUT2D eigenvalue weighted by atomic mass is 32.2. The Morgan fingerprint density at radius 3 is 2.14 bits per heavy atom. The Balaban J connectivity index is 2.12. The minimum atomic E-state index is -3.61. The summed E-state index contributed by atoms with van der Waals surface area (Å²) >= 11 is 0. The normalized spacial score (nSPS) is 11.2. The van der Waals surface area contributed by atoms with Crippen LogP contribution < -0.4 is 14.4 Å². The number of sulfonamides is 1. The Labute approximate surface area is 167 Å². The first kappa shape index (κ1) is 21.8. The molecule has 0 aliphatic rings. The summed E-state index contributed by atoms with van der Waals surface area (Å²) in [5, 5.41) is 2.79. The molecule has 2 aromatic carbocycles. The van der Waals surface area contributed by atoms with Crippen LogP contribution in [-0.4, -0.2) is 33.7 Å². The third-order valence-electron chi connectivity index (χ3n) is 4.30. The molecule has 0 saturated heterocycles. The maximum absolute atomic E-state index is 12.5. The number of nitrogens with one attached hydrogen (secondary N) is 1. The molecule has 1 N–H and O–H groups in total. The molecule has 6 nitrogen and oxygen atoms in total. The molecule has 2 aromatic rings. The summed E-state index contributed by atoms with van der Waals surface area (Å²) in [6.45, 7) is 8.22. The number of hydrogen-bond donors (Lipinski definition) is 1. The van der Waals surface area contributed by atoms with Gasteiger partial charge >= 0.3 is 0 Å². The van der Waals surface area contributed by atoms with E-state index in [1.165, 1.54) is 4.31 Å². The number of amides is 1. The maximum Gasteiger partial charge on any atom is 0.241 e. The zero-order valence-corrected chi connectivity index (χ0v) is 17.9. The van der Waals surface area contributed by atoms with Crippen molar-refractivity contribution in [2.75, 3.05) is 23.7 Å². The van der Waals surface area contributed by atoms with Gasteiger partial charge in [-0.3, -0.25) is 9.10 Å². The van der Waals surface area contributed by atoms with Crippen molar-refractivity contribution in [2.24, 2.45) is 0 Å². The number of nitrogens with zero attached hydrogens (tertiary/aromatic N) is 1. The van der Waals surface area contributed by atoms with Crippen molar-refractivity contribution in [3.8, 4) is 5.75 Å².